The van der Waals surface area contributed by atoms with Crippen LogP contribution in [0, 0.1) is 0 Å². The molecule has 0 spiro atoms. The van der Waals surface area contributed by atoms with Crippen molar-refractivity contribution in [1.82, 2.24) is 19.6 Å². The molecular weight excluding hydrogens is 240 g/mol. The van der Waals surface area contributed by atoms with Gasteiger partial charge < -0.3 is 9.80 Å². The lowest BCUT2D eigenvalue weighted by molar-refractivity contribution is -0.127. The quantitative estimate of drug-likeness (QED) is 0.719. The Bertz CT molecular complexity index is 460. The Hall–Kier alpha value is -1.62. The molecule has 1 heterocycles. The molecule has 2 rings (SSSR count). The van der Waals surface area contributed by atoms with E-state index in [1.54, 1.807) is 12.3 Å². The van der Waals surface area contributed by atoms with Crippen molar-refractivity contribution in [2.45, 2.75) is 25.4 Å². The highest BCUT2D eigenvalue weighted by molar-refractivity contribution is 5.88. The van der Waals surface area contributed by atoms with E-state index in [-0.39, 0.29) is 5.91 Å². The second-order valence-electron chi connectivity index (χ2n) is 5.31. The Balaban J connectivity index is 1.98. The van der Waals surface area contributed by atoms with Gasteiger partial charge in [0.2, 0.25) is 5.91 Å². The number of rotatable bonds is 6. The van der Waals surface area contributed by atoms with Gasteiger partial charge in [0.25, 0.3) is 0 Å². The summed E-state index contributed by atoms with van der Waals surface area (Å²) in [4.78, 5) is 16.2. The Labute approximate surface area is 114 Å². The van der Waals surface area contributed by atoms with E-state index < -0.39 is 0 Å². The first-order valence-corrected chi connectivity index (χ1v) is 6.66. The summed E-state index contributed by atoms with van der Waals surface area (Å²) >= 11 is 0. The fourth-order valence-corrected chi connectivity index (χ4v) is 1.96. The van der Waals surface area contributed by atoms with Gasteiger partial charge in [-0.15, -0.1) is 0 Å². The fraction of sp³-hybridized carbons (Fsp3) is 0.571. The highest BCUT2D eigenvalue weighted by Gasteiger charge is 2.31. The Kier molecular flexibility index (Phi) is 4.37. The van der Waals surface area contributed by atoms with Crippen molar-refractivity contribution in [3.63, 3.8) is 0 Å². The zero-order valence-electron chi connectivity index (χ0n) is 11.9. The number of likely N-dealkylation sites (N-methyl/N-ethyl adjacent to an activating group) is 1. The molecule has 0 aliphatic heterocycles. The van der Waals surface area contributed by atoms with E-state index in [2.05, 4.69) is 5.10 Å². The van der Waals surface area contributed by atoms with Crippen LogP contribution in [0.2, 0.25) is 0 Å². The molecule has 1 fully saturated rings. The molecule has 1 aromatic rings. The summed E-state index contributed by atoms with van der Waals surface area (Å²) in [5, 5.41) is 4.15. The van der Waals surface area contributed by atoms with E-state index in [1.165, 1.54) is 0 Å². The van der Waals surface area contributed by atoms with Gasteiger partial charge in [0.1, 0.15) is 0 Å². The molecule has 0 aromatic carbocycles. The largest absolute Gasteiger partial charge is 0.330 e. The van der Waals surface area contributed by atoms with Crippen molar-refractivity contribution in [3.8, 4) is 0 Å². The van der Waals surface area contributed by atoms with Crippen LogP contribution in [0.5, 0.6) is 0 Å². The van der Waals surface area contributed by atoms with Crippen LogP contribution < -0.4 is 0 Å². The van der Waals surface area contributed by atoms with Crippen LogP contribution in [0.1, 0.15) is 18.5 Å². The molecule has 5 heteroatoms. The lowest BCUT2D eigenvalue weighted by atomic mass is 10.3. The van der Waals surface area contributed by atoms with Crippen LogP contribution in [-0.4, -0.2) is 52.2 Å². The number of amides is 1. The van der Waals surface area contributed by atoms with E-state index in [1.807, 2.05) is 47.8 Å². The topological polar surface area (TPSA) is 41.4 Å². The number of aryl methyl sites for hydroxylation is 1. The first kappa shape index (κ1) is 13.8. The second kappa shape index (κ2) is 6.02. The van der Waals surface area contributed by atoms with Crippen LogP contribution in [0.4, 0.5) is 0 Å². The van der Waals surface area contributed by atoms with Gasteiger partial charge in [-0.3, -0.25) is 9.48 Å². The zero-order valence-corrected chi connectivity index (χ0v) is 11.9. The summed E-state index contributed by atoms with van der Waals surface area (Å²) in [6.45, 7) is 1.43. The molecular formula is C14H22N4O. The Morgan fingerprint density at radius 3 is 2.79 bits per heavy atom. The standard InChI is InChI=1S/C14H22N4O/c1-16(2)10-4-5-14(19)18(12-6-7-12)11-13-8-9-15-17(13)3/h4-5,8-9,12H,6-7,10-11H2,1-3H3/b5-4+. The average molecular weight is 262 g/mol. The summed E-state index contributed by atoms with van der Waals surface area (Å²) in [6.07, 6.45) is 7.61. The van der Waals surface area contributed by atoms with Crippen molar-refractivity contribution in [2.24, 2.45) is 7.05 Å². The normalized spacial score (nSPS) is 15.4. The van der Waals surface area contributed by atoms with Gasteiger partial charge in [-0.05, 0) is 33.0 Å². The highest BCUT2D eigenvalue weighted by Crippen LogP contribution is 2.28. The third kappa shape index (κ3) is 3.92. The predicted molar refractivity (Wildman–Crippen MR) is 74.5 cm³/mol. The molecule has 19 heavy (non-hydrogen) atoms. The Morgan fingerprint density at radius 1 is 1.53 bits per heavy atom. The molecule has 0 atom stereocenters. The summed E-state index contributed by atoms with van der Waals surface area (Å²) in [5.41, 5.74) is 1.07. The highest BCUT2D eigenvalue weighted by atomic mass is 16.2. The molecule has 1 amide bonds. The van der Waals surface area contributed by atoms with E-state index in [9.17, 15) is 4.79 Å². The second-order valence-corrected chi connectivity index (χ2v) is 5.31. The smallest absolute Gasteiger partial charge is 0.246 e. The van der Waals surface area contributed by atoms with Gasteiger partial charge in [0, 0.05) is 31.9 Å². The summed E-state index contributed by atoms with van der Waals surface area (Å²) in [6, 6.07) is 2.37. The molecule has 1 saturated carbocycles. The molecule has 0 saturated heterocycles. The van der Waals surface area contributed by atoms with Crippen LogP contribution >= 0.6 is 0 Å². The van der Waals surface area contributed by atoms with Crippen molar-refractivity contribution >= 4 is 5.91 Å². The average Bonchev–Trinajstić information content (AvgIpc) is 3.10. The third-order valence-electron chi connectivity index (χ3n) is 3.26. The molecule has 0 bridgehead atoms. The lowest BCUT2D eigenvalue weighted by Crippen LogP contribution is -2.32. The van der Waals surface area contributed by atoms with Gasteiger partial charge in [-0.25, -0.2) is 0 Å². The summed E-state index contributed by atoms with van der Waals surface area (Å²) in [5.74, 6) is 0.102. The van der Waals surface area contributed by atoms with E-state index in [0.717, 1.165) is 25.1 Å². The lowest BCUT2D eigenvalue weighted by Gasteiger charge is -2.21. The molecule has 0 N–H and O–H groups in total. The number of hydrogen-bond acceptors (Lipinski definition) is 3. The molecule has 5 nitrogen and oxygen atoms in total. The van der Waals surface area contributed by atoms with Gasteiger partial charge in [0.15, 0.2) is 0 Å². The van der Waals surface area contributed by atoms with Gasteiger partial charge in [0.05, 0.1) is 12.2 Å². The number of hydrogen-bond donors (Lipinski definition) is 0. The van der Waals surface area contributed by atoms with Crippen molar-refractivity contribution in [3.05, 3.63) is 30.1 Å². The summed E-state index contributed by atoms with van der Waals surface area (Å²) in [7, 11) is 5.89. The maximum absolute atomic E-state index is 12.2. The van der Waals surface area contributed by atoms with Crippen molar-refractivity contribution in [1.29, 1.82) is 0 Å². The van der Waals surface area contributed by atoms with E-state index in [4.69, 9.17) is 0 Å². The van der Waals surface area contributed by atoms with Crippen LogP contribution in [0.25, 0.3) is 0 Å². The number of carbonyl (C=O) groups is 1. The minimum atomic E-state index is 0.102. The fourth-order valence-electron chi connectivity index (χ4n) is 1.96. The molecule has 1 aliphatic rings. The monoisotopic (exact) mass is 262 g/mol. The van der Waals surface area contributed by atoms with E-state index in [0.29, 0.717) is 12.6 Å². The van der Waals surface area contributed by atoms with Gasteiger partial charge in [-0.1, -0.05) is 6.08 Å². The minimum Gasteiger partial charge on any atom is -0.330 e. The van der Waals surface area contributed by atoms with E-state index >= 15 is 0 Å². The van der Waals surface area contributed by atoms with Crippen molar-refractivity contribution in [2.75, 3.05) is 20.6 Å². The first-order valence-electron chi connectivity index (χ1n) is 6.66. The van der Waals surface area contributed by atoms with Crippen LogP contribution in [-0.2, 0) is 18.4 Å². The van der Waals surface area contributed by atoms with Crippen LogP contribution in [0.3, 0.4) is 0 Å². The Morgan fingerprint density at radius 2 is 2.26 bits per heavy atom. The maximum atomic E-state index is 12.2. The molecule has 104 valence electrons. The molecule has 1 aliphatic carbocycles. The number of carbonyl (C=O) groups excluding carboxylic acids is 1. The molecule has 1 aromatic heterocycles. The number of aromatic nitrogens is 2. The minimum absolute atomic E-state index is 0.102. The zero-order chi connectivity index (χ0) is 13.8. The van der Waals surface area contributed by atoms with Gasteiger partial charge in [-0.2, -0.15) is 5.10 Å². The maximum Gasteiger partial charge on any atom is 0.246 e. The van der Waals surface area contributed by atoms with Crippen LogP contribution in [0.15, 0.2) is 24.4 Å². The molecule has 0 unspecified atom stereocenters. The molecule has 0 radical (unpaired) electrons. The third-order valence-corrected chi connectivity index (χ3v) is 3.26. The summed E-state index contributed by atoms with van der Waals surface area (Å²) < 4.78 is 1.83. The predicted octanol–water partition coefficient (Wildman–Crippen LogP) is 1.03. The van der Waals surface area contributed by atoms with Gasteiger partial charge >= 0.3 is 0 Å². The van der Waals surface area contributed by atoms with Crippen molar-refractivity contribution < 1.29 is 4.79 Å². The number of nitrogens with zero attached hydrogens (tertiary/aromatic N) is 4. The SMILES string of the molecule is CN(C)C/C=C/C(=O)N(Cc1ccnn1C)C1CC1. The first-order chi connectivity index (χ1) is 9.08.